The van der Waals surface area contributed by atoms with Crippen LogP contribution in [-0.4, -0.2) is 47.2 Å². The number of nitrogens with one attached hydrogen (secondary N) is 3. The van der Waals surface area contributed by atoms with Crippen LogP contribution in [-0.2, 0) is 14.3 Å². The van der Waals surface area contributed by atoms with Crippen LogP contribution in [0.2, 0.25) is 0 Å². The fourth-order valence-electron chi connectivity index (χ4n) is 2.38. The van der Waals surface area contributed by atoms with E-state index in [0.29, 0.717) is 6.42 Å². The van der Waals surface area contributed by atoms with Gasteiger partial charge in [-0.15, -0.1) is 0 Å². The highest BCUT2D eigenvalue weighted by atomic mass is 16.6. The van der Waals surface area contributed by atoms with Crippen molar-refractivity contribution >= 4 is 23.7 Å². The maximum absolute atomic E-state index is 12.9. The molecular formula is C18H30N4O5. The van der Waals surface area contributed by atoms with E-state index in [2.05, 4.69) is 15.6 Å². The Balaban J connectivity index is 2.87. The van der Waals surface area contributed by atoms with Gasteiger partial charge in [-0.1, -0.05) is 13.8 Å². The number of ether oxygens (including phenoxy) is 2. The number of anilines is 1. The first-order valence-corrected chi connectivity index (χ1v) is 8.84. The van der Waals surface area contributed by atoms with Crippen LogP contribution in [0.15, 0.2) is 18.5 Å². The Bertz CT molecular complexity index is 622. The average molecular weight is 382 g/mol. The van der Waals surface area contributed by atoms with Crippen molar-refractivity contribution in [1.82, 2.24) is 10.3 Å². The topological polar surface area (TPSA) is 136 Å². The fourth-order valence-corrected chi connectivity index (χ4v) is 2.38. The van der Waals surface area contributed by atoms with Crippen LogP contribution < -0.4 is 16.4 Å². The van der Waals surface area contributed by atoms with E-state index in [4.69, 9.17) is 15.2 Å². The molecule has 1 aromatic heterocycles. The number of aromatic nitrogens is 1. The van der Waals surface area contributed by atoms with Gasteiger partial charge in [-0.2, -0.15) is 0 Å². The fraction of sp³-hybridized carbons (Fsp3) is 0.611. The standard InChI is InChI=1S/C18H30N4O5/c1-11(2)8-13(22-17(25)27-18(3,4)5)15(23)14(26-16(19)24)10-21-12-6-7-20-9-12/h6-7,9,11,13-14,20-21H,8,10H2,1-5H3,(H2,19,24)(H,22,25). The van der Waals surface area contributed by atoms with Gasteiger partial charge in [-0.3, -0.25) is 4.79 Å². The molecule has 152 valence electrons. The van der Waals surface area contributed by atoms with Crippen molar-refractivity contribution in [2.45, 2.75) is 58.8 Å². The second-order valence-electron chi connectivity index (χ2n) is 7.64. The Hall–Kier alpha value is -2.71. The molecule has 2 atom stereocenters. The molecule has 0 fully saturated rings. The van der Waals surface area contributed by atoms with Crippen molar-refractivity contribution < 1.29 is 23.9 Å². The van der Waals surface area contributed by atoms with E-state index in [1.54, 1.807) is 39.2 Å². The van der Waals surface area contributed by atoms with Gasteiger partial charge in [0, 0.05) is 12.4 Å². The Labute approximate surface area is 159 Å². The van der Waals surface area contributed by atoms with Crippen LogP contribution in [0.1, 0.15) is 41.0 Å². The number of alkyl carbamates (subject to hydrolysis) is 1. The first-order valence-electron chi connectivity index (χ1n) is 8.84. The van der Waals surface area contributed by atoms with Gasteiger partial charge in [0.2, 0.25) is 0 Å². The van der Waals surface area contributed by atoms with Crippen molar-refractivity contribution in [1.29, 1.82) is 0 Å². The monoisotopic (exact) mass is 382 g/mol. The lowest BCUT2D eigenvalue weighted by Crippen LogP contribution is -2.50. The predicted molar refractivity (Wildman–Crippen MR) is 101 cm³/mol. The molecule has 1 heterocycles. The lowest BCUT2D eigenvalue weighted by atomic mass is 9.97. The summed E-state index contributed by atoms with van der Waals surface area (Å²) >= 11 is 0. The highest BCUT2D eigenvalue weighted by Gasteiger charge is 2.32. The number of nitrogens with two attached hydrogens (primary N) is 1. The van der Waals surface area contributed by atoms with Crippen LogP contribution in [0.25, 0.3) is 0 Å². The molecule has 9 heteroatoms. The molecule has 0 aromatic carbocycles. The van der Waals surface area contributed by atoms with Crippen molar-refractivity contribution in [3.63, 3.8) is 0 Å². The minimum absolute atomic E-state index is 0.0181. The number of H-pyrrole nitrogens is 1. The normalized spacial score (nSPS) is 13.6. The third kappa shape index (κ3) is 8.98. The first-order chi connectivity index (χ1) is 12.5. The van der Waals surface area contributed by atoms with Gasteiger partial charge in [0.1, 0.15) is 5.60 Å². The number of rotatable bonds is 9. The number of ketones is 1. The second kappa shape index (κ2) is 9.84. The molecular weight excluding hydrogens is 352 g/mol. The molecule has 0 bridgehead atoms. The minimum Gasteiger partial charge on any atom is -0.444 e. The van der Waals surface area contributed by atoms with Gasteiger partial charge >= 0.3 is 12.2 Å². The minimum atomic E-state index is -1.16. The number of hydrogen-bond donors (Lipinski definition) is 4. The van der Waals surface area contributed by atoms with E-state index >= 15 is 0 Å². The summed E-state index contributed by atoms with van der Waals surface area (Å²) in [7, 11) is 0. The van der Waals surface area contributed by atoms with Crippen LogP contribution in [0.3, 0.4) is 0 Å². The lowest BCUT2D eigenvalue weighted by molar-refractivity contribution is -0.129. The molecule has 0 aliphatic rings. The summed E-state index contributed by atoms with van der Waals surface area (Å²) in [6, 6.07) is 0.883. The van der Waals surface area contributed by atoms with Crippen molar-refractivity contribution in [2.75, 3.05) is 11.9 Å². The zero-order valence-corrected chi connectivity index (χ0v) is 16.5. The lowest BCUT2D eigenvalue weighted by Gasteiger charge is -2.26. The quantitative estimate of drug-likeness (QED) is 0.518. The molecule has 0 spiro atoms. The molecule has 0 saturated heterocycles. The molecule has 0 aliphatic heterocycles. The Kier molecular flexibility index (Phi) is 8.14. The van der Waals surface area contributed by atoms with Gasteiger partial charge in [0.25, 0.3) is 0 Å². The van der Waals surface area contributed by atoms with E-state index in [1.165, 1.54) is 0 Å². The molecule has 2 unspecified atom stereocenters. The summed E-state index contributed by atoms with van der Waals surface area (Å²) in [5.41, 5.74) is 5.13. The molecule has 1 rings (SSSR count). The second-order valence-corrected chi connectivity index (χ2v) is 7.64. The summed E-state index contributed by atoms with van der Waals surface area (Å²) in [6.45, 7) is 9.03. The van der Waals surface area contributed by atoms with Crippen LogP contribution in [0.5, 0.6) is 0 Å². The number of carbonyl (C=O) groups is 3. The Morgan fingerprint density at radius 1 is 1.26 bits per heavy atom. The number of aromatic amines is 1. The Morgan fingerprint density at radius 2 is 1.93 bits per heavy atom. The SMILES string of the molecule is CC(C)CC(NC(=O)OC(C)(C)C)C(=O)C(CNc1cc[nH]c1)OC(N)=O. The van der Waals surface area contributed by atoms with Gasteiger partial charge < -0.3 is 30.8 Å². The smallest absolute Gasteiger partial charge is 0.408 e. The van der Waals surface area contributed by atoms with E-state index in [1.807, 2.05) is 13.8 Å². The summed E-state index contributed by atoms with van der Waals surface area (Å²) in [5.74, 6) is -0.350. The van der Waals surface area contributed by atoms with E-state index in [9.17, 15) is 14.4 Å². The van der Waals surface area contributed by atoms with Gasteiger partial charge in [-0.05, 0) is 39.2 Å². The summed E-state index contributed by atoms with van der Waals surface area (Å²) in [4.78, 5) is 39.1. The predicted octanol–water partition coefficient (Wildman–Crippen LogP) is 2.40. The zero-order chi connectivity index (χ0) is 20.6. The van der Waals surface area contributed by atoms with Crippen molar-refractivity contribution in [3.05, 3.63) is 18.5 Å². The molecule has 0 radical (unpaired) electrons. The average Bonchev–Trinajstić information content (AvgIpc) is 3.00. The maximum atomic E-state index is 12.9. The Morgan fingerprint density at radius 3 is 2.41 bits per heavy atom. The first kappa shape index (κ1) is 22.3. The molecule has 5 N–H and O–H groups in total. The van der Waals surface area contributed by atoms with E-state index in [0.717, 1.165) is 5.69 Å². The summed E-state index contributed by atoms with van der Waals surface area (Å²) in [5, 5.41) is 5.56. The molecule has 0 saturated carbocycles. The number of primary amides is 1. The highest BCUT2D eigenvalue weighted by Crippen LogP contribution is 2.13. The molecule has 0 aliphatic carbocycles. The third-order valence-electron chi connectivity index (χ3n) is 3.41. The summed E-state index contributed by atoms with van der Waals surface area (Å²) < 4.78 is 10.2. The van der Waals surface area contributed by atoms with E-state index in [-0.39, 0.29) is 12.5 Å². The van der Waals surface area contributed by atoms with Gasteiger partial charge in [0.15, 0.2) is 11.9 Å². The number of hydrogen-bond acceptors (Lipinski definition) is 6. The van der Waals surface area contributed by atoms with Crippen molar-refractivity contribution in [2.24, 2.45) is 11.7 Å². The number of carbonyl (C=O) groups excluding carboxylic acids is 3. The molecule has 9 nitrogen and oxygen atoms in total. The summed E-state index contributed by atoms with van der Waals surface area (Å²) in [6.07, 6.45) is 0.829. The maximum Gasteiger partial charge on any atom is 0.408 e. The molecule has 27 heavy (non-hydrogen) atoms. The van der Waals surface area contributed by atoms with Crippen LogP contribution >= 0.6 is 0 Å². The van der Waals surface area contributed by atoms with Crippen molar-refractivity contribution in [3.8, 4) is 0 Å². The van der Waals surface area contributed by atoms with Crippen LogP contribution in [0.4, 0.5) is 15.3 Å². The third-order valence-corrected chi connectivity index (χ3v) is 3.41. The van der Waals surface area contributed by atoms with Gasteiger partial charge in [-0.25, -0.2) is 9.59 Å². The number of Topliss-reactive ketones (excluding diaryl/α,β-unsaturated/α-hetero) is 1. The highest BCUT2D eigenvalue weighted by molar-refractivity contribution is 5.92. The largest absolute Gasteiger partial charge is 0.444 e. The van der Waals surface area contributed by atoms with Crippen LogP contribution in [0, 0.1) is 5.92 Å². The van der Waals surface area contributed by atoms with Gasteiger partial charge in [0.05, 0.1) is 18.3 Å². The number of amides is 2. The molecule has 2 amide bonds. The van der Waals surface area contributed by atoms with E-state index < -0.39 is 35.7 Å². The zero-order valence-electron chi connectivity index (χ0n) is 16.5. The molecule has 1 aromatic rings.